The molecule has 0 saturated carbocycles. The summed E-state index contributed by atoms with van der Waals surface area (Å²) in [4.78, 5) is 2.42. The fraction of sp³-hybridized carbons (Fsp3) is 0.333. The van der Waals surface area contributed by atoms with Crippen molar-refractivity contribution in [2.24, 2.45) is 5.73 Å². The highest BCUT2D eigenvalue weighted by Crippen LogP contribution is 2.37. The summed E-state index contributed by atoms with van der Waals surface area (Å²) in [5.74, 6) is 1.49. The van der Waals surface area contributed by atoms with Crippen LogP contribution in [0.3, 0.4) is 0 Å². The number of para-hydroxylation sites is 2. The van der Waals surface area contributed by atoms with Crippen LogP contribution >= 0.6 is 0 Å². The third-order valence-corrected chi connectivity index (χ3v) is 4.05. The van der Waals surface area contributed by atoms with E-state index in [9.17, 15) is 0 Å². The average molecular weight is 282 g/mol. The normalized spacial score (nSPS) is 16.8. The van der Waals surface area contributed by atoms with Crippen molar-refractivity contribution in [1.82, 2.24) is 0 Å². The van der Waals surface area contributed by atoms with Gasteiger partial charge in [0.2, 0.25) is 0 Å². The third-order valence-electron chi connectivity index (χ3n) is 4.05. The van der Waals surface area contributed by atoms with E-state index in [0.717, 1.165) is 31.8 Å². The maximum Gasteiger partial charge on any atom is 0.119 e. The van der Waals surface area contributed by atoms with Gasteiger partial charge in [0, 0.05) is 18.2 Å². The molecule has 0 fully saturated rings. The Labute approximate surface area is 126 Å². The zero-order valence-electron chi connectivity index (χ0n) is 12.2. The molecule has 1 atom stereocenters. The van der Waals surface area contributed by atoms with Crippen LogP contribution in [0.25, 0.3) is 0 Å². The van der Waals surface area contributed by atoms with Crippen molar-refractivity contribution in [3.63, 3.8) is 0 Å². The van der Waals surface area contributed by atoms with Gasteiger partial charge in [-0.1, -0.05) is 36.4 Å². The largest absolute Gasteiger partial charge is 0.492 e. The number of hydrogen-bond acceptors (Lipinski definition) is 3. The zero-order valence-corrected chi connectivity index (χ0v) is 12.2. The van der Waals surface area contributed by atoms with E-state index in [1.165, 1.54) is 11.3 Å². The molecule has 2 aromatic rings. The number of anilines is 1. The van der Waals surface area contributed by atoms with Crippen LogP contribution < -0.4 is 15.4 Å². The van der Waals surface area contributed by atoms with Crippen molar-refractivity contribution in [1.29, 1.82) is 0 Å². The van der Waals surface area contributed by atoms with Crippen LogP contribution in [0.4, 0.5) is 5.69 Å². The summed E-state index contributed by atoms with van der Waals surface area (Å²) < 4.78 is 5.81. The maximum atomic E-state index is 5.81. The monoisotopic (exact) mass is 282 g/mol. The molecule has 0 radical (unpaired) electrons. The van der Waals surface area contributed by atoms with Crippen molar-refractivity contribution in [2.45, 2.75) is 12.3 Å². The van der Waals surface area contributed by atoms with Crippen LogP contribution in [0.15, 0.2) is 54.6 Å². The van der Waals surface area contributed by atoms with E-state index in [0.29, 0.717) is 12.5 Å². The molecule has 3 heteroatoms. The molecule has 1 heterocycles. The predicted molar refractivity (Wildman–Crippen MR) is 87.0 cm³/mol. The molecule has 1 aliphatic heterocycles. The molecule has 1 unspecified atom stereocenters. The number of nitrogens with zero attached hydrogens (tertiary/aromatic N) is 1. The highest BCUT2D eigenvalue weighted by atomic mass is 16.5. The molecule has 2 aromatic carbocycles. The van der Waals surface area contributed by atoms with E-state index in [1.54, 1.807) is 0 Å². The first-order valence-corrected chi connectivity index (χ1v) is 7.60. The SMILES string of the molecule is NCCC1CN(CCOc2ccccc2)c2ccccc21. The summed E-state index contributed by atoms with van der Waals surface area (Å²) in [5, 5.41) is 0. The lowest BCUT2D eigenvalue weighted by molar-refractivity contribution is 0.324. The standard InChI is InChI=1S/C18H22N2O/c19-11-10-15-14-20(18-9-5-4-8-17(15)18)12-13-21-16-6-2-1-3-7-16/h1-9,15H,10-14,19H2. The Balaban J connectivity index is 1.61. The molecular weight excluding hydrogens is 260 g/mol. The summed E-state index contributed by atoms with van der Waals surface area (Å²) in [6.45, 7) is 3.41. The van der Waals surface area contributed by atoms with E-state index in [1.807, 2.05) is 30.3 Å². The Morgan fingerprint density at radius 2 is 1.81 bits per heavy atom. The summed E-state index contributed by atoms with van der Waals surface area (Å²) in [7, 11) is 0. The van der Waals surface area contributed by atoms with Crippen LogP contribution in [0.2, 0.25) is 0 Å². The molecule has 110 valence electrons. The summed E-state index contributed by atoms with van der Waals surface area (Å²) in [6, 6.07) is 18.6. The quantitative estimate of drug-likeness (QED) is 0.885. The van der Waals surface area contributed by atoms with Crippen LogP contribution in [0.5, 0.6) is 5.75 Å². The Bertz CT molecular complexity index is 570. The van der Waals surface area contributed by atoms with Crippen LogP contribution in [-0.4, -0.2) is 26.2 Å². The van der Waals surface area contributed by atoms with Gasteiger partial charge in [0.05, 0.1) is 6.54 Å². The van der Waals surface area contributed by atoms with Gasteiger partial charge in [0.15, 0.2) is 0 Å². The number of hydrogen-bond donors (Lipinski definition) is 1. The highest BCUT2D eigenvalue weighted by Gasteiger charge is 2.27. The summed E-state index contributed by atoms with van der Waals surface area (Å²) in [5.41, 5.74) is 8.52. The van der Waals surface area contributed by atoms with Crippen molar-refractivity contribution < 1.29 is 4.74 Å². The molecule has 0 saturated heterocycles. The number of benzene rings is 2. The Hall–Kier alpha value is -2.00. The molecule has 0 aromatic heterocycles. The molecule has 0 bridgehead atoms. The minimum atomic E-state index is 0.558. The second kappa shape index (κ2) is 6.64. The van der Waals surface area contributed by atoms with Crippen molar-refractivity contribution >= 4 is 5.69 Å². The molecule has 1 aliphatic rings. The van der Waals surface area contributed by atoms with Gasteiger partial charge < -0.3 is 15.4 Å². The minimum Gasteiger partial charge on any atom is -0.492 e. The van der Waals surface area contributed by atoms with Crippen LogP contribution in [-0.2, 0) is 0 Å². The summed E-state index contributed by atoms with van der Waals surface area (Å²) >= 11 is 0. The van der Waals surface area contributed by atoms with Gasteiger partial charge in [-0.05, 0) is 36.7 Å². The topological polar surface area (TPSA) is 38.5 Å². The number of fused-ring (bicyclic) bond motifs is 1. The zero-order chi connectivity index (χ0) is 14.5. The van der Waals surface area contributed by atoms with E-state index >= 15 is 0 Å². The van der Waals surface area contributed by atoms with Crippen LogP contribution in [0, 0.1) is 0 Å². The second-order valence-corrected chi connectivity index (χ2v) is 5.44. The molecule has 2 N–H and O–H groups in total. The molecule has 3 rings (SSSR count). The highest BCUT2D eigenvalue weighted by molar-refractivity contribution is 5.60. The molecule has 21 heavy (non-hydrogen) atoms. The Morgan fingerprint density at radius 3 is 2.62 bits per heavy atom. The first kappa shape index (κ1) is 14.0. The van der Waals surface area contributed by atoms with Gasteiger partial charge in [0.25, 0.3) is 0 Å². The number of rotatable bonds is 6. The molecule has 0 aliphatic carbocycles. The molecular formula is C18H22N2O. The van der Waals surface area contributed by atoms with E-state index in [-0.39, 0.29) is 0 Å². The van der Waals surface area contributed by atoms with E-state index in [4.69, 9.17) is 10.5 Å². The smallest absolute Gasteiger partial charge is 0.119 e. The van der Waals surface area contributed by atoms with Gasteiger partial charge in [-0.3, -0.25) is 0 Å². The lowest BCUT2D eigenvalue weighted by Gasteiger charge is -2.20. The summed E-state index contributed by atoms with van der Waals surface area (Å²) in [6.07, 6.45) is 1.05. The van der Waals surface area contributed by atoms with Crippen LogP contribution in [0.1, 0.15) is 17.9 Å². The van der Waals surface area contributed by atoms with Gasteiger partial charge >= 0.3 is 0 Å². The number of ether oxygens (including phenoxy) is 1. The van der Waals surface area contributed by atoms with Gasteiger partial charge in [-0.25, -0.2) is 0 Å². The fourth-order valence-corrected chi connectivity index (χ4v) is 3.03. The fourth-order valence-electron chi connectivity index (χ4n) is 3.03. The Kier molecular flexibility index (Phi) is 4.41. The van der Waals surface area contributed by atoms with Gasteiger partial charge in [0.1, 0.15) is 12.4 Å². The Morgan fingerprint density at radius 1 is 1.05 bits per heavy atom. The first-order chi connectivity index (χ1) is 10.4. The van der Waals surface area contributed by atoms with E-state index in [2.05, 4.69) is 29.2 Å². The lowest BCUT2D eigenvalue weighted by Crippen LogP contribution is -2.27. The second-order valence-electron chi connectivity index (χ2n) is 5.44. The number of nitrogens with two attached hydrogens (primary N) is 1. The minimum absolute atomic E-state index is 0.558. The van der Waals surface area contributed by atoms with Crippen molar-refractivity contribution in [3.8, 4) is 5.75 Å². The van der Waals surface area contributed by atoms with Gasteiger partial charge in [-0.2, -0.15) is 0 Å². The van der Waals surface area contributed by atoms with Crippen molar-refractivity contribution in [3.05, 3.63) is 60.2 Å². The lowest BCUT2D eigenvalue weighted by atomic mass is 9.98. The maximum absolute atomic E-state index is 5.81. The van der Waals surface area contributed by atoms with E-state index < -0.39 is 0 Å². The van der Waals surface area contributed by atoms with Gasteiger partial charge in [-0.15, -0.1) is 0 Å². The molecule has 0 spiro atoms. The van der Waals surface area contributed by atoms with Crippen molar-refractivity contribution in [2.75, 3.05) is 31.1 Å². The first-order valence-electron chi connectivity index (χ1n) is 7.60. The third kappa shape index (κ3) is 3.19. The predicted octanol–water partition coefficient (Wildman–Crippen LogP) is 3.02. The molecule has 3 nitrogen and oxygen atoms in total. The molecule has 0 amide bonds. The average Bonchev–Trinajstić information content (AvgIpc) is 2.87.